The topological polar surface area (TPSA) is 20.2 Å². The second-order valence-corrected chi connectivity index (χ2v) is 5.54. The lowest BCUT2D eigenvalue weighted by atomic mass is 9.86. The lowest BCUT2D eigenvalue weighted by molar-refractivity contribution is -0.140. The van der Waals surface area contributed by atoms with Crippen molar-refractivity contribution in [2.24, 2.45) is 0 Å². The summed E-state index contributed by atoms with van der Waals surface area (Å²) in [4.78, 5) is 0. The molecule has 0 bridgehead atoms. The van der Waals surface area contributed by atoms with Gasteiger partial charge in [0, 0.05) is 6.42 Å². The first-order chi connectivity index (χ1) is 8.09. The molecule has 0 radical (unpaired) electrons. The summed E-state index contributed by atoms with van der Waals surface area (Å²) >= 11 is 0. The van der Waals surface area contributed by atoms with E-state index in [0.29, 0.717) is 5.56 Å². The highest BCUT2D eigenvalue weighted by molar-refractivity contribution is 5.28. The average molecular weight is 260 g/mol. The molecule has 0 saturated carbocycles. The Labute approximate surface area is 106 Å². The lowest BCUT2D eigenvalue weighted by Crippen LogP contribution is -2.12. The molecule has 0 saturated heterocycles. The van der Waals surface area contributed by atoms with Crippen molar-refractivity contribution in [1.82, 2.24) is 0 Å². The van der Waals surface area contributed by atoms with E-state index in [0.717, 1.165) is 5.56 Å². The van der Waals surface area contributed by atoms with E-state index in [1.165, 1.54) is 0 Å². The molecule has 1 aromatic rings. The van der Waals surface area contributed by atoms with Gasteiger partial charge in [-0.05, 0) is 23.0 Å². The van der Waals surface area contributed by atoms with Crippen LogP contribution in [0.4, 0.5) is 13.2 Å². The summed E-state index contributed by atoms with van der Waals surface area (Å²) in [5, 5.41) is 9.68. The highest BCUT2D eigenvalue weighted by Crippen LogP contribution is 2.29. The van der Waals surface area contributed by atoms with Gasteiger partial charge in [-0.15, -0.1) is 0 Å². The Bertz CT molecular complexity index is 374. The van der Waals surface area contributed by atoms with Crippen LogP contribution in [0.2, 0.25) is 0 Å². The molecule has 102 valence electrons. The minimum Gasteiger partial charge on any atom is -0.388 e. The second kappa shape index (κ2) is 5.31. The van der Waals surface area contributed by atoms with Crippen LogP contribution < -0.4 is 0 Å². The van der Waals surface area contributed by atoms with Gasteiger partial charge in [0.05, 0.1) is 6.10 Å². The summed E-state index contributed by atoms with van der Waals surface area (Å²) in [6.07, 6.45) is -6.53. The molecule has 0 aliphatic heterocycles. The fourth-order valence-electron chi connectivity index (χ4n) is 1.67. The minimum absolute atomic E-state index is 0.00451. The predicted molar refractivity (Wildman–Crippen MR) is 65.4 cm³/mol. The van der Waals surface area contributed by atoms with E-state index in [4.69, 9.17) is 0 Å². The summed E-state index contributed by atoms with van der Waals surface area (Å²) in [6.45, 7) is 6.17. The van der Waals surface area contributed by atoms with Crippen molar-refractivity contribution in [3.05, 3.63) is 35.4 Å². The predicted octanol–water partition coefficient (Wildman–Crippen LogP) is 4.36. The Morgan fingerprint density at radius 1 is 1.06 bits per heavy atom. The van der Waals surface area contributed by atoms with E-state index in [9.17, 15) is 18.3 Å². The molecule has 0 spiro atoms. The Morgan fingerprint density at radius 2 is 1.56 bits per heavy atom. The van der Waals surface area contributed by atoms with Crippen LogP contribution in [0.5, 0.6) is 0 Å². The largest absolute Gasteiger partial charge is 0.389 e. The summed E-state index contributed by atoms with van der Waals surface area (Å²) in [7, 11) is 0. The maximum Gasteiger partial charge on any atom is 0.389 e. The highest BCUT2D eigenvalue weighted by atomic mass is 19.4. The summed E-state index contributed by atoms with van der Waals surface area (Å²) in [6, 6.07) is 7.10. The van der Waals surface area contributed by atoms with Gasteiger partial charge in [0.2, 0.25) is 0 Å². The maximum absolute atomic E-state index is 12.0. The van der Waals surface area contributed by atoms with Crippen molar-refractivity contribution in [1.29, 1.82) is 0 Å². The molecule has 1 nitrogen and oxygen atoms in total. The zero-order chi connectivity index (χ0) is 14.0. The SMILES string of the molecule is CC(C)(C)c1ccc(C(O)CCC(F)(F)F)cc1. The van der Waals surface area contributed by atoms with Crippen LogP contribution in [0.15, 0.2) is 24.3 Å². The van der Waals surface area contributed by atoms with Crippen LogP contribution in [0.25, 0.3) is 0 Å². The van der Waals surface area contributed by atoms with Gasteiger partial charge < -0.3 is 5.11 Å². The molecule has 0 aliphatic carbocycles. The number of hydrogen-bond donors (Lipinski definition) is 1. The van der Waals surface area contributed by atoms with Crippen LogP contribution in [0.3, 0.4) is 0 Å². The number of benzene rings is 1. The molecule has 1 atom stereocenters. The number of aliphatic hydroxyl groups is 1. The fraction of sp³-hybridized carbons (Fsp3) is 0.571. The van der Waals surface area contributed by atoms with E-state index in [2.05, 4.69) is 20.8 Å². The molecule has 0 heterocycles. The number of rotatable bonds is 3. The molecule has 1 aromatic carbocycles. The zero-order valence-electron chi connectivity index (χ0n) is 10.9. The van der Waals surface area contributed by atoms with Crippen LogP contribution in [-0.4, -0.2) is 11.3 Å². The first-order valence-corrected chi connectivity index (χ1v) is 5.95. The third kappa shape index (κ3) is 4.69. The van der Waals surface area contributed by atoms with E-state index in [1.54, 1.807) is 12.1 Å². The number of hydrogen-bond acceptors (Lipinski definition) is 1. The molecule has 0 fully saturated rings. The Hall–Kier alpha value is -1.03. The van der Waals surface area contributed by atoms with Gasteiger partial charge in [0.15, 0.2) is 0 Å². The van der Waals surface area contributed by atoms with Crippen molar-refractivity contribution in [3.8, 4) is 0 Å². The monoisotopic (exact) mass is 260 g/mol. The standard InChI is InChI=1S/C14H19F3O/c1-13(2,3)11-6-4-10(5-7-11)12(18)8-9-14(15,16)17/h4-7,12,18H,8-9H2,1-3H3. The molecule has 0 aromatic heterocycles. The van der Waals surface area contributed by atoms with Gasteiger partial charge in [0.1, 0.15) is 0 Å². The number of aliphatic hydroxyl groups excluding tert-OH is 1. The van der Waals surface area contributed by atoms with Crippen LogP contribution in [-0.2, 0) is 5.41 Å². The molecule has 4 heteroatoms. The van der Waals surface area contributed by atoms with Gasteiger partial charge in [-0.3, -0.25) is 0 Å². The van der Waals surface area contributed by atoms with Gasteiger partial charge in [-0.1, -0.05) is 45.0 Å². The smallest absolute Gasteiger partial charge is 0.388 e. The Balaban J connectivity index is 2.68. The van der Waals surface area contributed by atoms with E-state index in [-0.39, 0.29) is 11.8 Å². The molecule has 0 aliphatic rings. The number of alkyl halides is 3. The first-order valence-electron chi connectivity index (χ1n) is 5.95. The average Bonchev–Trinajstić information content (AvgIpc) is 2.24. The van der Waals surface area contributed by atoms with Crippen molar-refractivity contribution in [2.75, 3.05) is 0 Å². The minimum atomic E-state index is -4.22. The molecular formula is C14H19F3O. The van der Waals surface area contributed by atoms with Crippen LogP contribution >= 0.6 is 0 Å². The fourth-order valence-corrected chi connectivity index (χ4v) is 1.67. The Kier molecular flexibility index (Phi) is 4.43. The van der Waals surface area contributed by atoms with E-state index in [1.807, 2.05) is 12.1 Å². The van der Waals surface area contributed by atoms with E-state index >= 15 is 0 Å². The summed E-state index contributed by atoms with van der Waals surface area (Å²) in [5.41, 5.74) is 1.62. The van der Waals surface area contributed by atoms with Crippen molar-refractivity contribution < 1.29 is 18.3 Å². The van der Waals surface area contributed by atoms with Crippen LogP contribution in [0.1, 0.15) is 50.8 Å². The Morgan fingerprint density at radius 3 is 1.94 bits per heavy atom. The highest BCUT2D eigenvalue weighted by Gasteiger charge is 2.28. The van der Waals surface area contributed by atoms with Crippen LogP contribution in [0, 0.1) is 0 Å². The maximum atomic E-state index is 12.0. The molecule has 1 N–H and O–H groups in total. The third-order valence-corrected chi connectivity index (χ3v) is 2.86. The zero-order valence-corrected chi connectivity index (χ0v) is 10.9. The molecular weight excluding hydrogens is 241 g/mol. The molecule has 1 unspecified atom stereocenters. The molecule has 0 amide bonds. The quantitative estimate of drug-likeness (QED) is 0.856. The molecule has 18 heavy (non-hydrogen) atoms. The van der Waals surface area contributed by atoms with E-state index < -0.39 is 18.7 Å². The van der Waals surface area contributed by atoms with Crippen molar-refractivity contribution in [3.63, 3.8) is 0 Å². The van der Waals surface area contributed by atoms with Gasteiger partial charge in [-0.25, -0.2) is 0 Å². The van der Waals surface area contributed by atoms with Gasteiger partial charge in [-0.2, -0.15) is 13.2 Å². The summed E-state index contributed by atoms with van der Waals surface area (Å²) < 4.78 is 36.1. The third-order valence-electron chi connectivity index (χ3n) is 2.86. The van der Waals surface area contributed by atoms with Crippen molar-refractivity contribution in [2.45, 2.75) is 51.3 Å². The normalized spacial score (nSPS) is 14.6. The number of halogens is 3. The van der Waals surface area contributed by atoms with Gasteiger partial charge >= 0.3 is 6.18 Å². The summed E-state index contributed by atoms with van der Waals surface area (Å²) in [5.74, 6) is 0. The molecule has 1 rings (SSSR count). The van der Waals surface area contributed by atoms with Crippen molar-refractivity contribution >= 4 is 0 Å². The second-order valence-electron chi connectivity index (χ2n) is 5.54. The van der Waals surface area contributed by atoms with Gasteiger partial charge in [0.25, 0.3) is 0 Å². The first kappa shape index (κ1) is 15.0. The lowest BCUT2D eigenvalue weighted by Gasteiger charge is -2.20.